The molecule has 0 spiro atoms. The van der Waals surface area contributed by atoms with E-state index in [1.54, 1.807) is 45.6 Å². The van der Waals surface area contributed by atoms with Gasteiger partial charge in [-0.2, -0.15) is 24.8 Å². The fraction of sp³-hybridized carbons (Fsp3) is 0.455. The molecule has 0 fully saturated rings. The van der Waals surface area contributed by atoms with Gasteiger partial charge in [0.25, 0.3) is 0 Å². The van der Waals surface area contributed by atoms with Crippen LogP contribution in [-0.2, 0) is 37.0 Å². The van der Waals surface area contributed by atoms with Gasteiger partial charge in [0.2, 0.25) is 0 Å². The summed E-state index contributed by atoms with van der Waals surface area (Å²) in [4.78, 5) is 0. The summed E-state index contributed by atoms with van der Waals surface area (Å²) in [5, 5.41) is 21.5. The van der Waals surface area contributed by atoms with Gasteiger partial charge >= 0.3 is 0 Å². The van der Waals surface area contributed by atoms with Crippen molar-refractivity contribution in [3.8, 4) is 0 Å². The minimum atomic E-state index is 0. The molecule has 8 nitrogen and oxygen atoms in total. The third-order valence-corrected chi connectivity index (χ3v) is 1.68. The fourth-order valence-electron chi connectivity index (χ4n) is 0.772. The molecule has 0 amide bonds. The largest absolute Gasteiger partial charge is 0.399 e. The molecular formula is C11H24N6O2SY. The molecule has 0 heterocycles. The quantitative estimate of drug-likeness (QED) is 0.232. The van der Waals surface area contributed by atoms with Gasteiger partial charge in [0, 0.05) is 77.8 Å². The molecule has 0 unspecified atom stereocenters. The molecule has 0 aliphatic rings. The number of nitrogens with zero attached hydrogens (tertiary/aromatic N) is 4. The Morgan fingerprint density at radius 2 is 1.57 bits per heavy atom. The van der Waals surface area contributed by atoms with Gasteiger partial charge < -0.3 is 11.5 Å². The van der Waals surface area contributed by atoms with Gasteiger partial charge in [0.1, 0.15) is 5.69 Å². The van der Waals surface area contributed by atoms with Crippen LogP contribution in [0, 0.1) is 0 Å². The summed E-state index contributed by atoms with van der Waals surface area (Å²) in [6, 6.07) is 5.13. The molecule has 1 aromatic carbocycles. The molecule has 5 N–H and O–H groups in total. The van der Waals surface area contributed by atoms with Crippen LogP contribution in [-0.4, -0.2) is 32.7 Å². The Kier molecular flexibility index (Phi) is 29.5. The summed E-state index contributed by atoms with van der Waals surface area (Å²) in [7, 11) is 4.87. The van der Waals surface area contributed by atoms with Crippen molar-refractivity contribution in [1.82, 2.24) is 0 Å². The summed E-state index contributed by atoms with van der Waals surface area (Å²) < 4.78 is 3.46. The predicted octanol–water partition coefficient (Wildman–Crippen LogP) is 3.65. The Balaban J connectivity index is -0.000000123. The van der Waals surface area contributed by atoms with Crippen molar-refractivity contribution in [3.05, 3.63) is 18.2 Å². The first-order valence-corrected chi connectivity index (χ1v) is 6.19. The van der Waals surface area contributed by atoms with Crippen molar-refractivity contribution in [1.29, 1.82) is 0 Å². The van der Waals surface area contributed by atoms with Crippen molar-refractivity contribution in [2.75, 3.05) is 38.9 Å². The first-order chi connectivity index (χ1) is 9.06. The number of benzene rings is 1. The van der Waals surface area contributed by atoms with E-state index in [9.17, 15) is 0 Å². The maximum Gasteiger partial charge on any atom is 0.108 e. The number of hydrogen-bond donors (Lipinski definition) is 3. The Bertz CT molecular complexity index is 387. The van der Waals surface area contributed by atoms with Crippen molar-refractivity contribution >= 4 is 29.1 Å². The van der Waals surface area contributed by atoms with Crippen LogP contribution in [0.15, 0.2) is 38.7 Å². The molecule has 0 saturated carbocycles. The molecule has 0 aromatic heterocycles. The molecule has 1 radical (unpaired) electrons. The van der Waals surface area contributed by atoms with Gasteiger partial charge in [-0.1, -0.05) is 7.43 Å². The van der Waals surface area contributed by atoms with Gasteiger partial charge in [-0.25, -0.2) is 5.26 Å². The van der Waals surface area contributed by atoms with Gasteiger partial charge in [-0.05, 0) is 18.2 Å². The molecule has 1 rings (SSSR count). The zero-order chi connectivity index (χ0) is 15.1. The topological polar surface area (TPSA) is 131 Å². The molecule has 119 valence electrons. The molecule has 0 atom stereocenters. The predicted molar refractivity (Wildman–Crippen MR) is 86.4 cm³/mol. The van der Waals surface area contributed by atoms with Crippen LogP contribution < -0.4 is 11.5 Å². The number of nitrogen functional groups attached to an aromatic ring is 2. The van der Waals surface area contributed by atoms with Crippen LogP contribution in [0.4, 0.5) is 17.1 Å². The van der Waals surface area contributed by atoms with E-state index in [2.05, 4.69) is 24.8 Å². The second kappa shape index (κ2) is 21.7. The van der Waals surface area contributed by atoms with E-state index in [0.717, 1.165) is 12.0 Å². The molecule has 0 aliphatic heterocycles. The SMILES string of the molecule is C.CN=NC.CN=Nc1ccc(N)cc1N.CSOO.[Y]. The van der Waals surface area contributed by atoms with E-state index in [1.165, 1.54) is 0 Å². The molecule has 21 heavy (non-hydrogen) atoms. The Hall–Kier alpha value is -0.606. The molecule has 10 heteroatoms. The zero-order valence-electron chi connectivity index (χ0n) is 12.0. The molecule has 0 aliphatic carbocycles. The zero-order valence-corrected chi connectivity index (χ0v) is 15.7. The summed E-state index contributed by atoms with van der Waals surface area (Å²) in [5.41, 5.74) is 12.9. The molecule has 1 aromatic rings. The Labute approximate surface area is 155 Å². The monoisotopic (exact) mass is 393 g/mol. The summed E-state index contributed by atoms with van der Waals surface area (Å²) in [6.45, 7) is 0. The second-order valence-corrected chi connectivity index (χ2v) is 3.24. The van der Waals surface area contributed by atoms with Crippen LogP contribution in [0.3, 0.4) is 0 Å². The van der Waals surface area contributed by atoms with Crippen LogP contribution in [0.5, 0.6) is 0 Å². The van der Waals surface area contributed by atoms with E-state index < -0.39 is 0 Å². The number of hydrogen-bond acceptors (Lipinski definition) is 9. The molecule has 0 saturated heterocycles. The average Bonchev–Trinajstić information content (AvgIpc) is 2.42. The maximum absolute atomic E-state index is 7.34. The van der Waals surface area contributed by atoms with E-state index in [-0.39, 0.29) is 40.1 Å². The minimum absolute atomic E-state index is 0. The van der Waals surface area contributed by atoms with Crippen LogP contribution in [0.1, 0.15) is 7.43 Å². The van der Waals surface area contributed by atoms with Crippen molar-refractivity contribution in [3.63, 3.8) is 0 Å². The van der Waals surface area contributed by atoms with Crippen LogP contribution >= 0.6 is 12.0 Å². The molecular weight excluding hydrogens is 369 g/mol. The van der Waals surface area contributed by atoms with Crippen LogP contribution in [0.2, 0.25) is 0 Å². The smallest absolute Gasteiger partial charge is 0.108 e. The number of anilines is 2. The van der Waals surface area contributed by atoms with Crippen molar-refractivity contribution in [2.45, 2.75) is 7.43 Å². The first kappa shape index (κ1) is 28.5. The van der Waals surface area contributed by atoms with Gasteiger partial charge in [-0.3, -0.25) is 0 Å². The van der Waals surface area contributed by atoms with E-state index in [1.807, 2.05) is 0 Å². The number of rotatable bonds is 2. The third-order valence-electron chi connectivity index (χ3n) is 1.53. The summed E-state index contributed by atoms with van der Waals surface area (Å²) >= 11 is 0.912. The number of azo groups is 2. The third kappa shape index (κ3) is 19.4. The Morgan fingerprint density at radius 1 is 1.10 bits per heavy atom. The standard InChI is InChI=1S/C7H10N4.C2H6N2.CH4O2S.CH4.Y/c1-10-11-7-3-2-5(8)4-6(7)9;1-3-4-2;1-4-3-2;;/h2-4H,8-9H2,1H3;1-2H3;2H,1H3;1H4;. The van der Waals surface area contributed by atoms with Crippen molar-refractivity contribution < 1.29 is 42.3 Å². The second-order valence-electron chi connectivity index (χ2n) is 2.76. The van der Waals surface area contributed by atoms with Crippen LogP contribution in [0.25, 0.3) is 0 Å². The maximum atomic E-state index is 7.34. The van der Waals surface area contributed by atoms with Gasteiger partial charge in [0.05, 0.1) is 5.69 Å². The minimum Gasteiger partial charge on any atom is -0.399 e. The van der Waals surface area contributed by atoms with Gasteiger partial charge in [0.15, 0.2) is 0 Å². The fourth-order valence-corrected chi connectivity index (χ4v) is 0.772. The normalized spacial score (nSPS) is 8.81. The summed E-state index contributed by atoms with van der Waals surface area (Å²) in [6.07, 6.45) is 1.62. The van der Waals surface area contributed by atoms with E-state index in [4.69, 9.17) is 16.7 Å². The van der Waals surface area contributed by atoms with E-state index >= 15 is 0 Å². The van der Waals surface area contributed by atoms with Gasteiger partial charge in [-0.15, -0.1) is 0 Å². The molecule has 0 bridgehead atoms. The van der Waals surface area contributed by atoms with E-state index in [0.29, 0.717) is 17.1 Å². The summed E-state index contributed by atoms with van der Waals surface area (Å²) in [5.74, 6) is 0. The first-order valence-electron chi connectivity index (χ1n) is 5.04. The van der Waals surface area contributed by atoms with Crippen molar-refractivity contribution in [2.24, 2.45) is 20.5 Å². The average molecular weight is 393 g/mol. The number of nitrogens with two attached hydrogens (primary N) is 2. The Morgan fingerprint density at radius 3 is 1.86 bits per heavy atom.